The molecule has 2 aromatic heterocycles. The molecule has 4 rings (SSSR count). The topological polar surface area (TPSA) is 107 Å². The third-order valence-corrected chi connectivity index (χ3v) is 8.04. The minimum atomic E-state index is -0.206. The molecule has 1 aliphatic rings. The number of hydrogen-bond donors (Lipinski definition) is 4. The molecule has 0 atom stereocenters. The summed E-state index contributed by atoms with van der Waals surface area (Å²) in [6.07, 6.45) is 12.1. The Labute approximate surface area is 239 Å². The van der Waals surface area contributed by atoms with Gasteiger partial charge in [-0.2, -0.15) is 5.10 Å². The lowest BCUT2D eigenvalue weighted by Crippen LogP contribution is -2.23. The third kappa shape index (κ3) is 8.30. The molecule has 3 aromatic rings. The number of aliphatic hydroxyl groups excluding tert-OH is 1. The molecule has 1 aliphatic heterocycles. The van der Waals surface area contributed by atoms with Crippen LogP contribution in [0.15, 0.2) is 47.6 Å². The molecule has 0 saturated heterocycles. The van der Waals surface area contributed by atoms with Gasteiger partial charge in [-0.25, -0.2) is 9.67 Å². The van der Waals surface area contributed by atoms with Crippen LogP contribution in [0.3, 0.4) is 0 Å². The van der Waals surface area contributed by atoms with Gasteiger partial charge in [-0.05, 0) is 55.5 Å². The van der Waals surface area contributed by atoms with E-state index in [9.17, 15) is 4.79 Å². The molecular formula is C28H39N7O2S2. The summed E-state index contributed by atoms with van der Waals surface area (Å²) in [5.41, 5.74) is 3.19. The zero-order chi connectivity index (χ0) is 27.5. The number of nitrogens with zero attached hydrogens (tertiary/aromatic N) is 4. The van der Waals surface area contributed by atoms with Crippen molar-refractivity contribution in [2.24, 2.45) is 0 Å². The summed E-state index contributed by atoms with van der Waals surface area (Å²) in [4.78, 5) is 20.5. The van der Waals surface area contributed by atoms with Gasteiger partial charge < -0.3 is 25.4 Å². The van der Waals surface area contributed by atoms with Crippen molar-refractivity contribution in [2.45, 2.75) is 50.0 Å². The minimum absolute atomic E-state index is 0.104. The fraction of sp³-hybridized carbons (Fsp3) is 0.464. The van der Waals surface area contributed by atoms with E-state index in [1.54, 1.807) is 11.8 Å². The molecule has 39 heavy (non-hydrogen) atoms. The number of aromatic nitrogens is 3. The smallest absolute Gasteiger partial charge is 0.258 e. The highest BCUT2D eigenvalue weighted by molar-refractivity contribution is 8.00. The van der Waals surface area contributed by atoms with Crippen LogP contribution in [0.5, 0.6) is 0 Å². The highest BCUT2D eigenvalue weighted by atomic mass is 32.2. The van der Waals surface area contributed by atoms with Crippen LogP contribution in [-0.4, -0.2) is 64.5 Å². The molecule has 0 saturated carbocycles. The molecule has 0 aliphatic carbocycles. The van der Waals surface area contributed by atoms with Crippen LogP contribution in [-0.2, 0) is 0 Å². The van der Waals surface area contributed by atoms with Gasteiger partial charge in [0.15, 0.2) is 5.82 Å². The second-order valence-electron chi connectivity index (χ2n) is 9.55. The second-order valence-corrected chi connectivity index (χ2v) is 11.3. The van der Waals surface area contributed by atoms with Gasteiger partial charge in [0.05, 0.1) is 17.9 Å². The Morgan fingerprint density at radius 2 is 1.82 bits per heavy atom. The highest BCUT2D eigenvalue weighted by Gasteiger charge is 2.18. The van der Waals surface area contributed by atoms with E-state index in [1.807, 2.05) is 60.6 Å². The molecule has 1 amide bonds. The number of aliphatic hydroxyl groups is 1. The average molecular weight is 570 g/mol. The van der Waals surface area contributed by atoms with E-state index < -0.39 is 0 Å². The van der Waals surface area contributed by atoms with Gasteiger partial charge >= 0.3 is 0 Å². The molecule has 0 fully saturated rings. The first-order valence-electron chi connectivity index (χ1n) is 13.6. The van der Waals surface area contributed by atoms with Crippen molar-refractivity contribution in [3.63, 3.8) is 0 Å². The summed E-state index contributed by atoms with van der Waals surface area (Å²) >= 11 is 3.03. The van der Waals surface area contributed by atoms with E-state index in [2.05, 4.69) is 25.4 Å². The number of amides is 1. The number of thioether (sulfide) groups is 1. The lowest BCUT2D eigenvalue weighted by atomic mass is 10.1. The van der Waals surface area contributed by atoms with Crippen molar-refractivity contribution in [3.05, 3.63) is 48.2 Å². The minimum Gasteiger partial charge on any atom is -0.395 e. The lowest BCUT2D eigenvalue weighted by molar-refractivity contribution is 0.102. The summed E-state index contributed by atoms with van der Waals surface area (Å²) in [5.74, 6) is 1.56. The van der Waals surface area contributed by atoms with Gasteiger partial charge in [0.2, 0.25) is 0 Å². The number of hydrogen-bond acceptors (Lipinski definition) is 9. The highest BCUT2D eigenvalue weighted by Crippen LogP contribution is 2.28. The Hall–Kier alpha value is -2.89. The summed E-state index contributed by atoms with van der Waals surface area (Å²) in [6.45, 7) is 1.79. The van der Waals surface area contributed by atoms with Gasteiger partial charge in [-0.3, -0.25) is 4.79 Å². The molecule has 3 heterocycles. The fourth-order valence-electron chi connectivity index (χ4n) is 4.54. The zero-order valence-corrected chi connectivity index (χ0v) is 24.4. The van der Waals surface area contributed by atoms with Crippen molar-refractivity contribution in [3.8, 4) is 5.69 Å². The maximum absolute atomic E-state index is 13.5. The number of carbonyl (C=O) groups excluding carboxylic acids is 1. The number of rotatable bonds is 6. The number of fused-ring (bicyclic) bond motifs is 3. The average Bonchev–Trinajstić information content (AvgIpc) is 3.43. The predicted octanol–water partition coefficient (Wildman–Crippen LogP) is 5.89. The van der Waals surface area contributed by atoms with Gasteiger partial charge in [0, 0.05) is 37.8 Å². The van der Waals surface area contributed by atoms with Crippen LogP contribution in [0.25, 0.3) is 5.69 Å². The molecule has 2 bridgehead atoms. The van der Waals surface area contributed by atoms with Crippen molar-refractivity contribution < 1.29 is 9.90 Å². The number of carbonyl (C=O) groups is 1. The Bertz CT molecular complexity index is 1220. The maximum Gasteiger partial charge on any atom is 0.258 e. The normalized spacial score (nSPS) is 15.5. The summed E-state index contributed by atoms with van der Waals surface area (Å²) < 4.78 is 5.09. The van der Waals surface area contributed by atoms with Gasteiger partial charge in [0.25, 0.3) is 5.91 Å². The first-order chi connectivity index (χ1) is 19.1. The second kappa shape index (κ2) is 15.0. The summed E-state index contributed by atoms with van der Waals surface area (Å²) in [7, 11) is 2.04. The van der Waals surface area contributed by atoms with Crippen LogP contribution in [0.4, 0.5) is 23.0 Å². The van der Waals surface area contributed by atoms with Crippen LogP contribution in [0.1, 0.15) is 55.3 Å². The largest absolute Gasteiger partial charge is 0.395 e. The molecule has 11 heteroatoms. The van der Waals surface area contributed by atoms with Gasteiger partial charge in [0.1, 0.15) is 16.5 Å². The number of anilines is 4. The number of benzene rings is 1. The molecule has 4 N–H and O–H groups in total. The Balaban J connectivity index is 1.63. The first-order valence-corrected chi connectivity index (χ1v) is 15.8. The van der Waals surface area contributed by atoms with Crippen molar-refractivity contribution in [1.82, 2.24) is 14.8 Å². The van der Waals surface area contributed by atoms with Crippen molar-refractivity contribution in [2.75, 3.05) is 59.0 Å². The Kier molecular flexibility index (Phi) is 11.2. The van der Waals surface area contributed by atoms with Crippen molar-refractivity contribution in [1.29, 1.82) is 0 Å². The molecule has 0 unspecified atom stereocenters. The van der Waals surface area contributed by atoms with Gasteiger partial charge in [-0.15, -0.1) is 11.8 Å². The summed E-state index contributed by atoms with van der Waals surface area (Å²) in [6, 6.07) is 11.5. The SMILES string of the molecule is CSc1ccn(-c2ccc3nc2NCCCCCCCCCN(C)c2cc(NSCCO)ccc2C(=O)N3)n1. The third-order valence-electron chi connectivity index (χ3n) is 6.64. The predicted molar refractivity (Wildman–Crippen MR) is 165 cm³/mol. The first kappa shape index (κ1) is 29.1. The maximum atomic E-state index is 13.5. The fourth-order valence-corrected chi connectivity index (χ4v) is 5.39. The van der Waals surface area contributed by atoms with E-state index in [0.717, 1.165) is 48.0 Å². The van der Waals surface area contributed by atoms with E-state index in [-0.39, 0.29) is 12.5 Å². The van der Waals surface area contributed by atoms with E-state index in [1.165, 1.54) is 44.1 Å². The summed E-state index contributed by atoms with van der Waals surface area (Å²) in [5, 5.41) is 21.2. The van der Waals surface area contributed by atoms with E-state index in [4.69, 9.17) is 10.1 Å². The molecule has 0 spiro atoms. The number of pyridine rings is 1. The number of nitrogens with one attached hydrogen (secondary N) is 3. The van der Waals surface area contributed by atoms with Crippen LogP contribution >= 0.6 is 23.7 Å². The van der Waals surface area contributed by atoms with E-state index in [0.29, 0.717) is 23.0 Å². The zero-order valence-electron chi connectivity index (χ0n) is 22.8. The quantitative estimate of drug-likeness (QED) is 0.164. The Morgan fingerprint density at radius 3 is 2.59 bits per heavy atom. The van der Waals surface area contributed by atoms with Gasteiger partial charge in [-0.1, -0.05) is 44.1 Å². The molecule has 0 radical (unpaired) electrons. The van der Waals surface area contributed by atoms with Crippen LogP contribution in [0, 0.1) is 0 Å². The van der Waals surface area contributed by atoms with Crippen LogP contribution < -0.4 is 20.3 Å². The Morgan fingerprint density at radius 1 is 1.03 bits per heavy atom. The lowest BCUT2D eigenvalue weighted by Gasteiger charge is -2.23. The van der Waals surface area contributed by atoms with Crippen molar-refractivity contribution >= 4 is 52.6 Å². The molecule has 210 valence electrons. The van der Waals surface area contributed by atoms with Crippen LogP contribution in [0.2, 0.25) is 0 Å². The monoisotopic (exact) mass is 569 g/mol. The van der Waals surface area contributed by atoms with E-state index >= 15 is 0 Å². The molecule has 9 nitrogen and oxygen atoms in total. The molecule has 1 aromatic carbocycles. The standard InChI is InChI=1S/C28H39N7O2S2/c1-34-16-9-7-5-3-4-6-8-15-29-27-23(35-17-14-26(32-35)38-2)12-13-25(30-27)31-28(37)22-11-10-21(20-24(22)34)33-39-19-18-36/h10-14,17,20,33,36H,3-9,15-16,18-19H2,1-2H3,(H2,29,30,31,37). The molecular weight excluding hydrogens is 530 g/mol.